The normalized spacial score (nSPS) is 13.0. The number of esters is 1. The molecule has 0 aliphatic carbocycles. The van der Waals surface area contributed by atoms with Gasteiger partial charge >= 0.3 is 12.1 Å². The van der Waals surface area contributed by atoms with Gasteiger partial charge in [0.1, 0.15) is 25.3 Å². The van der Waals surface area contributed by atoms with Crippen LogP contribution in [0.1, 0.15) is 16.7 Å². The fourth-order valence-corrected chi connectivity index (χ4v) is 4.16. The molecule has 0 aromatic heterocycles. The maximum atomic E-state index is 13.2. The van der Waals surface area contributed by atoms with Crippen molar-refractivity contribution < 1.29 is 28.1 Å². The molecular formula is C28H30N2O6S. The highest BCUT2D eigenvalue weighted by Crippen LogP contribution is 2.07. The Hall–Kier alpha value is -3.98. The van der Waals surface area contributed by atoms with E-state index < -0.39 is 40.9 Å². The van der Waals surface area contributed by atoms with Gasteiger partial charge in [-0.3, -0.25) is 9.00 Å². The summed E-state index contributed by atoms with van der Waals surface area (Å²) in [5, 5.41) is 5.20. The topological polar surface area (TPSA) is 111 Å². The van der Waals surface area contributed by atoms with Crippen LogP contribution in [0.15, 0.2) is 91.0 Å². The second-order valence-corrected chi connectivity index (χ2v) is 9.82. The third-order valence-electron chi connectivity index (χ3n) is 5.33. The van der Waals surface area contributed by atoms with Crippen LogP contribution >= 0.6 is 0 Å². The summed E-state index contributed by atoms with van der Waals surface area (Å²) in [6.07, 6.45) is 0.820. The molecule has 2 amide bonds. The molecule has 0 spiro atoms. The second-order valence-electron chi connectivity index (χ2n) is 8.34. The molecule has 0 radical (unpaired) electrons. The lowest BCUT2D eigenvalue weighted by Gasteiger charge is -2.22. The quantitative estimate of drug-likeness (QED) is 0.354. The van der Waals surface area contributed by atoms with Crippen LogP contribution in [0.2, 0.25) is 0 Å². The van der Waals surface area contributed by atoms with Gasteiger partial charge in [0.05, 0.1) is 5.75 Å². The van der Waals surface area contributed by atoms with Crippen LogP contribution in [0.25, 0.3) is 0 Å². The first kappa shape index (κ1) is 27.6. The molecule has 0 heterocycles. The Labute approximate surface area is 218 Å². The predicted molar refractivity (Wildman–Crippen MR) is 141 cm³/mol. The van der Waals surface area contributed by atoms with Gasteiger partial charge < -0.3 is 20.1 Å². The van der Waals surface area contributed by atoms with E-state index in [9.17, 15) is 18.6 Å². The van der Waals surface area contributed by atoms with Gasteiger partial charge in [0.2, 0.25) is 5.91 Å². The summed E-state index contributed by atoms with van der Waals surface area (Å²) in [4.78, 5) is 38.5. The van der Waals surface area contributed by atoms with Crippen molar-refractivity contribution in [3.8, 4) is 0 Å². The van der Waals surface area contributed by atoms with E-state index >= 15 is 0 Å². The number of alkyl carbamates (subject to hydrolysis) is 1. The Balaban J connectivity index is 1.67. The third kappa shape index (κ3) is 9.89. The molecule has 0 bridgehead atoms. The van der Waals surface area contributed by atoms with Gasteiger partial charge in [-0.2, -0.15) is 0 Å². The number of carbonyl (C=O) groups excluding carboxylic acids is 3. The van der Waals surface area contributed by atoms with E-state index in [-0.39, 0.29) is 25.4 Å². The Bertz CT molecular complexity index is 1180. The molecule has 1 unspecified atom stereocenters. The Morgan fingerprint density at radius 3 is 1.70 bits per heavy atom. The summed E-state index contributed by atoms with van der Waals surface area (Å²) >= 11 is 0. The summed E-state index contributed by atoms with van der Waals surface area (Å²) in [5.74, 6) is -1.46. The van der Waals surface area contributed by atoms with Gasteiger partial charge in [0, 0.05) is 23.5 Å². The zero-order valence-corrected chi connectivity index (χ0v) is 21.3. The fraction of sp³-hybridized carbons (Fsp3) is 0.250. The average molecular weight is 523 g/mol. The molecule has 3 aromatic rings. The SMILES string of the molecule is CS(=O)C[C@H](NC(=O)[C@H](Cc1ccccc1)NC(=O)OCc1ccccc1)C(=O)OCc1ccccc1. The van der Waals surface area contributed by atoms with E-state index in [0.717, 1.165) is 16.7 Å². The van der Waals surface area contributed by atoms with Crippen molar-refractivity contribution in [1.82, 2.24) is 10.6 Å². The highest BCUT2D eigenvalue weighted by molar-refractivity contribution is 7.84. The lowest BCUT2D eigenvalue weighted by Crippen LogP contribution is -2.54. The Kier molecular flexibility index (Phi) is 10.9. The number of benzene rings is 3. The molecule has 194 valence electrons. The molecule has 0 fully saturated rings. The summed E-state index contributed by atoms with van der Waals surface area (Å²) in [7, 11) is -1.39. The monoisotopic (exact) mass is 522 g/mol. The van der Waals surface area contributed by atoms with Crippen LogP contribution < -0.4 is 10.6 Å². The highest BCUT2D eigenvalue weighted by Gasteiger charge is 2.29. The van der Waals surface area contributed by atoms with Crippen molar-refractivity contribution in [3.63, 3.8) is 0 Å². The predicted octanol–water partition coefficient (Wildman–Crippen LogP) is 3.13. The third-order valence-corrected chi connectivity index (χ3v) is 6.13. The summed E-state index contributed by atoms with van der Waals surface area (Å²) < 4.78 is 22.6. The molecule has 0 aliphatic heterocycles. The molecule has 3 aromatic carbocycles. The lowest BCUT2D eigenvalue weighted by molar-refractivity contribution is -0.148. The molecule has 37 heavy (non-hydrogen) atoms. The maximum absolute atomic E-state index is 13.2. The summed E-state index contributed by atoms with van der Waals surface area (Å²) in [5.41, 5.74) is 2.38. The van der Waals surface area contributed by atoms with Crippen molar-refractivity contribution >= 4 is 28.8 Å². The van der Waals surface area contributed by atoms with E-state index in [1.165, 1.54) is 6.26 Å². The van der Waals surface area contributed by atoms with E-state index in [2.05, 4.69) is 10.6 Å². The molecule has 0 saturated heterocycles. The molecular weight excluding hydrogens is 492 g/mol. The average Bonchev–Trinajstić information content (AvgIpc) is 2.91. The minimum Gasteiger partial charge on any atom is -0.459 e. The first-order chi connectivity index (χ1) is 17.9. The van der Waals surface area contributed by atoms with Crippen LogP contribution in [0.5, 0.6) is 0 Å². The molecule has 3 rings (SSSR count). The van der Waals surface area contributed by atoms with Crippen molar-refractivity contribution in [2.45, 2.75) is 31.7 Å². The summed E-state index contributed by atoms with van der Waals surface area (Å²) in [6.45, 7) is 0.0511. The standard InChI is InChI=1S/C28H30N2O6S/c1-37(34)20-25(27(32)35-18-22-13-7-3-8-14-22)29-26(31)24(17-21-11-5-2-6-12-21)30-28(33)36-19-23-15-9-4-10-16-23/h2-16,24-25H,17-20H2,1H3,(H,29,31)(H,30,33)/t24-,25-,37?/m0/s1. The number of nitrogens with one attached hydrogen (secondary N) is 2. The first-order valence-electron chi connectivity index (χ1n) is 11.7. The molecule has 8 nitrogen and oxygen atoms in total. The van der Waals surface area contributed by atoms with E-state index in [0.29, 0.717) is 0 Å². The highest BCUT2D eigenvalue weighted by atomic mass is 32.2. The van der Waals surface area contributed by atoms with Crippen LogP contribution in [0.4, 0.5) is 4.79 Å². The van der Waals surface area contributed by atoms with Gasteiger partial charge in [-0.25, -0.2) is 9.59 Å². The number of ether oxygens (including phenoxy) is 2. The lowest BCUT2D eigenvalue weighted by atomic mass is 10.1. The number of rotatable bonds is 12. The number of hydrogen-bond donors (Lipinski definition) is 2. The smallest absolute Gasteiger partial charge is 0.408 e. The van der Waals surface area contributed by atoms with Crippen molar-refractivity contribution in [2.24, 2.45) is 0 Å². The van der Waals surface area contributed by atoms with Gasteiger partial charge in [0.15, 0.2) is 0 Å². The van der Waals surface area contributed by atoms with Gasteiger partial charge in [-0.05, 0) is 16.7 Å². The van der Waals surface area contributed by atoms with Crippen LogP contribution in [-0.2, 0) is 49.5 Å². The zero-order chi connectivity index (χ0) is 26.5. The van der Waals surface area contributed by atoms with Crippen molar-refractivity contribution in [1.29, 1.82) is 0 Å². The van der Waals surface area contributed by atoms with Crippen LogP contribution in [0.3, 0.4) is 0 Å². The molecule has 2 N–H and O–H groups in total. The van der Waals surface area contributed by atoms with E-state index in [1.54, 1.807) is 12.1 Å². The molecule has 9 heteroatoms. The molecule has 0 aliphatic rings. The van der Waals surface area contributed by atoms with Gasteiger partial charge in [0.25, 0.3) is 0 Å². The van der Waals surface area contributed by atoms with Gasteiger partial charge in [-0.15, -0.1) is 0 Å². The Morgan fingerprint density at radius 2 is 1.19 bits per heavy atom. The minimum absolute atomic E-state index is 0.0138. The van der Waals surface area contributed by atoms with Crippen LogP contribution in [0, 0.1) is 0 Å². The summed E-state index contributed by atoms with van der Waals surface area (Å²) in [6, 6.07) is 25.2. The van der Waals surface area contributed by atoms with Gasteiger partial charge in [-0.1, -0.05) is 91.0 Å². The molecule has 3 atom stereocenters. The van der Waals surface area contributed by atoms with Crippen LogP contribution in [-0.4, -0.2) is 46.3 Å². The first-order valence-corrected chi connectivity index (χ1v) is 13.5. The van der Waals surface area contributed by atoms with E-state index in [4.69, 9.17) is 9.47 Å². The fourth-order valence-electron chi connectivity index (χ4n) is 3.47. The number of carbonyl (C=O) groups is 3. The Morgan fingerprint density at radius 1 is 0.703 bits per heavy atom. The van der Waals surface area contributed by atoms with Crippen molar-refractivity contribution in [2.75, 3.05) is 12.0 Å². The second kappa shape index (κ2) is 14.5. The molecule has 0 saturated carbocycles. The van der Waals surface area contributed by atoms with Crippen molar-refractivity contribution in [3.05, 3.63) is 108 Å². The van der Waals surface area contributed by atoms with E-state index in [1.807, 2.05) is 78.9 Å². The number of amides is 2. The number of hydrogen-bond acceptors (Lipinski definition) is 6. The minimum atomic E-state index is -1.39. The maximum Gasteiger partial charge on any atom is 0.408 e. The largest absolute Gasteiger partial charge is 0.459 e. The zero-order valence-electron chi connectivity index (χ0n) is 20.5.